The Hall–Kier alpha value is -4.59. The Morgan fingerprint density at radius 2 is 1.50 bits per heavy atom. The fourth-order valence-electron chi connectivity index (χ4n) is 5.96. The van der Waals surface area contributed by atoms with Gasteiger partial charge in [-0.25, -0.2) is 4.90 Å². The molecule has 0 aliphatic carbocycles. The molecule has 2 fully saturated rings. The van der Waals surface area contributed by atoms with Gasteiger partial charge in [0.1, 0.15) is 11.8 Å². The third-order valence-electron chi connectivity index (χ3n) is 7.68. The fraction of sp³-hybridized carbons (Fsp3) is 0.233. The van der Waals surface area contributed by atoms with E-state index in [0.29, 0.717) is 28.5 Å². The molecule has 0 N–H and O–H groups in total. The molecule has 192 valence electrons. The first-order valence-corrected chi connectivity index (χ1v) is 12.3. The summed E-state index contributed by atoms with van der Waals surface area (Å²) in [5.41, 5.74) is 2.59. The topological polar surface area (TPSA) is 85.4 Å². The molecule has 0 spiro atoms. The van der Waals surface area contributed by atoms with Gasteiger partial charge in [0.25, 0.3) is 0 Å². The second kappa shape index (κ2) is 9.06. The number of rotatable bonds is 6. The lowest BCUT2D eigenvalue weighted by atomic mass is 9.86. The minimum Gasteiger partial charge on any atom is -0.497 e. The Kier molecular flexibility index (Phi) is 5.67. The van der Waals surface area contributed by atoms with Gasteiger partial charge in [-0.3, -0.25) is 14.4 Å². The van der Waals surface area contributed by atoms with Gasteiger partial charge in [0.15, 0.2) is 17.3 Å². The van der Waals surface area contributed by atoms with E-state index >= 15 is 0 Å². The molecular weight excluding hydrogens is 484 g/mol. The summed E-state index contributed by atoms with van der Waals surface area (Å²) >= 11 is 0. The van der Waals surface area contributed by atoms with E-state index in [-0.39, 0.29) is 17.6 Å². The molecule has 6 rings (SSSR count). The number of benzene rings is 3. The largest absolute Gasteiger partial charge is 0.497 e. The van der Waals surface area contributed by atoms with Crippen LogP contribution in [-0.4, -0.2) is 51.0 Å². The number of nitrogens with zero attached hydrogens (tertiary/aromatic N) is 2. The quantitative estimate of drug-likeness (QED) is 0.366. The summed E-state index contributed by atoms with van der Waals surface area (Å²) in [6.07, 6.45) is 3.90. The lowest BCUT2D eigenvalue weighted by Crippen LogP contribution is -2.48. The summed E-state index contributed by atoms with van der Waals surface area (Å²) in [4.78, 5) is 45.3. The van der Waals surface area contributed by atoms with Crippen molar-refractivity contribution in [1.82, 2.24) is 0 Å². The number of fused-ring (bicyclic) bond motifs is 5. The Morgan fingerprint density at radius 3 is 2.21 bits per heavy atom. The maximum atomic E-state index is 14.2. The van der Waals surface area contributed by atoms with Crippen LogP contribution >= 0.6 is 0 Å². The number of hydrogen-bond acceptors (Lipinski definition) is 7. The van der Waals surface area contributed by atoms with Crippen LogP contribution in [0.4, 0.5) is 11.4 Å². The minimum absolute atomic E-state index is 0.258. The number of amides is 2. The molecule has 8 nitrogen and oxygen atoms in total. The van der Waals surface area contributed by atoms with Crippen LogP contribution in [0.1, 0.15) is 15.9 Å². The third-order valence-corrected chi connectivity index (χ3v) is 7.68. The van der Waals surface area contributed by atoms with E-state index in [1.165, 1.54) is 19.1 Å². The fourth-order valence-corrected chi connectivity index (χ4v) is 5.96. The van der Waals surface area contributed by atoms with Gasteiger partial charge in [-0.2, -0.15) is 0 Å². The zero-order valence-corrected chi connectivity index (χ0v) is 21.2. The highest BCUT2D eigenvalue weighted by Gasteiger charge is 2.64. The summed E-state index contributed by atoms with van der Waals surface area (Å²) in [7, 11) is 4.59. The zero-order chi connectivity index (χ0) is 26.6. The minimum atomic E-state index is -0.881. The van der Waals surface area contributed by atoms with Crippen LogP contribution in [0.2, 0.25) is 0 Å². The Bertz CT molecular complexity index is 1480. The van der Waals surface area contributed by atoms with E-state index in [1.807, 2.05) is 41.3 Å². The molecule has 8 heteroatoms. The molecule has 0 saturated carbocycles. The molecule has 0 unspecified atom stereocenters. The van der Waals surface area contributed by atoms with E-state index in [4.69, 9.17) is 14.2 Å². The predicted molar refractivity (Wildman–Crippen MR) is 142 cm³/mol. The normalized spacial score (nSPS) is 23.1. The standard InChI is InChI=1S/C30H26N2O6/c1-36-20-12-10-19(11-13-20)31-29(34)25-22-14-8-17-6-4-5-7-21(17)32(22)27(26(25)30(31)35)28(33)18-9-15-23(37-2)24(16-18)38-3/h4-16,22,25-27H,1-3H3/t22-,25+,26+,27+/m1/s1. The van der Waals surface area contributed by atoms with Crippen LogP contribution in [-0.2, 0) is 9.59 Å². The van der Waals surface area contributed by atoms with Gasteiger partial charge in [0.05, 0.1) is 44.9 Å². The monoisotopic (exact) mass is 510 g/mol. The van der Waals surface area contributed by atoms with Crippen molar-refractivity contribution in [2.45, 2.75) is 12.1 Å². The van der Waals surface area contributed by atoms with E-state index in [1.54, 1.807) is 49.6 Å². The van der Waals surface area contributed by atoms with Crippen molar-refractivity contribution in [2.24, 2.45) is 11.8 Å². The Labute approximate surface area is 220 Å². The van der Waals surface area contributed by atoms with Crippen LogP contribution in [0.25, 0.3) is 6.08 Å². The molecule has 3 aliphatic rings. The molecule has 0 radical (unpaired) electrons. The number of carbonyl (C=O) groups excluding carboxylic acids is 3. The molecule has 3 aromatic carbocycles. The lowest BCUT2D eigenvalue weighted by molar-refractivity contribution is -0.122. The lowest BCUT2D eigenvalue weighted by Gasteiger charge is -2.36. The Balaban J connectivity index is 1.47. The number of carbonyl (C=O) groups is 3. The highest BCUT2D eigenvalue weighted by Crippen LogP contribution is 2.50. The number of methoxy groups -OCH3 is 3. The molecule has 0 aromatic heterocycles. The second-order valence-electron chi connectivity index (χ2n) is 9.46. The molecule has 4 atom stereocenters. The SMILES string of the molecule is COc1ccc(N2C(=O)[C@@H]3[C@H](C2=O)[C@@H](C(=O)c2ccc(OC)c(OC)c2)N2c4ccccc4C=C[C@H]32)cc1. The van der Waals surface area contributed by atoms with Crippen LogP contribution in [0.15, 0.2) is 72.8 Å². The maximum absolute atomic E-state index is 14.2. The van der Waals surface area contributed by atoms with Crippen LogP contribution in [0.3, 0.4) is 0 Å². The Morgan fingerprint density at radius 1 is 0.789 bits per heavy atom. The second-order valence-corrected chi connectivity index (χ2v) is 9.46. The molecule has 3 heterocycles. The molecule has 2 saturated heterocycles. The van der Waals surface area contributed by atoms with Crippen LogP contribution in [0, 0.1) is 11.8 Å². The highest BCUT2D eigenvalue weighted by atomic mass is 16.5. The first-order valence-electron chi connectivity index (χ1n) is 12.3. The number of Topliss-reactive ketones (excluding diaryl/α,β-unsaturated/α-hetero) is 1. The number of para-hydroxylation sites is 1. The molecule has 0 bridgehead atoms. The summed E-state index contributed by atoms with van der Waals surface area (Å²) < 4.78 is 16.0. The van der Waals surface area contributed by atoms with E-state index in [0.717, 1.165) is 11.3 Å². The van der Waals surface area contributed by atoms with Gasteiger partial charge < -0.3 is 19.1 Å². The molecular formula is C30H26N2O6. The summed E-state index contributed by atoms with van der Waals surface area (Å²) in [5.74, 6) is -0.989. The number of ether oxygens (including phenoxy) is 3. The van der Waals surface area contributed by atoms with Crippen molar-refractivity contribution < 1.29 is 28.6 Å². The van der Waals surface area contributed by atoms with Gasteiger partial charge in [-0.05, 0) is 54.1 Å². The number of anilines is 2. The molecule has 3 aliphatic heterocycles. The van der Waals surface area contributed by atoms with Crippen LogP contribution < -0.4 is 24.0 Å². The average molecular weight is 511 g/mol. The van der Waals surface area contributed by atoms with E-state index in [9.17, 15) is 14.4 Å². The maximum Gasteiger partial charge on any atom is 0.240 e. The molecule has 3 aromatic rings. The summed E-state index contributed by atoms with van der Waals surface area (Å²) in [6, 6.07) is 18.1. The van der Waals surface area contributed by atoms with Crippen molar-refractivity contribution in [3.05, 3.63) is 83.9 Å². The van der Waals surface area contributed by atoms with Gasteiger partial charge >= 0.3 is 0 Å². The van der Waals surface area contributed by atoms with Gasteiger partial charge in [-0.15, -0.1) is 0 Å². The van der Waals surface area contributed by atoms with Gasteiger partial charge in [-0.1, -0.05) is 30.4 Å². The first-order chi connectivity index (χ1) is 18.5. The molecule has 2 amide bonds. The summed E-state index contributed by atoms with van der Waals surface area (Å²) in [5, 5.41) is 0. The number of ketones is 1. The summed E-state index contributed by atoms with van der Waals surface area (Å²) in [6.45, 7) is 0. The first kappa shape index (κ1) is 23.8. The van der Waals surface area contributed by atoms with E-state index < -0.39 is 23.9 Å². The molecule has 38 heavy (non-hydrogen) atoms. The van der Waals surface area contributed by atoms with Crippen molar-refractivity contribution in [1.29, 1.82) is 0 Å². The average Bonchev–Trinajstić information content (AvgIpc) is 3.44. The van der Waals surface area contributed by atoms with E-state index in [2.05, 4.69) is 0 Å². The predicted octanol–water partition coefficient (Wildman–Crippen LogP) is 3.99. The van der Waals surface area contributed by atoms with Crippen LogP contribution in [0.5, 0.6) is 17.2 Å². The van der Waals surface area contributed by atoms with Crippen molar-refractivity contribution in [2.75, 3.05) is 31.1 Å². The van der Waals surface area contributed by atoms with Gasteiger partial charge in [0.2, 0.25) is 11.8 Å². The zero-order valence-electron chi connectivity index (χ0n) is 21.2. The number of imide groups is 1. The van der Waals surface area contributed by atoms with Crippen molar-refractivity contribution in [3.8, 4) is 17.2 Å². The van der Waals surface area contributed by atoms with Crippen molar-refractivity contribution in [3.63, 3.8) is 0 Å². The van der Waals surface area contributed by atoms with Crippen molar-refractivity contribution >= 4 is 35.0 Å². The smallest absolute Gasteiger partial charge is 0.240 e. The highest BCUT2D eigenvalue weighted by molar-refractivity contribution is 6.25. The van der Waals surface area contributed by atoms with Gasteiger partial charge in [0, 0.05) is 11.3 Å². The number of hydrogen-bond donors (Lipinski definition) is 0. The third kappa shape index (κ3) is 3.40.